The fourth-order valence-corrected chi connectivity index (χ4v) is 3.80. The van der Waals surface area contributed by atoms with Gasteiger partial charge in [0, 0.05) is 18.2 Å². The number of ether oxygens (including phenoxy) is 2. The maximum atomic E-state index is 12.5. The summed E-state index contributed by atoms with van der Waals surface area (Å²) in [6.07, 6.45) is 7.18. The Hall–Kier alpha value is -2.73. The Balaban J connectivity index is 1.31. The van der Waals surface area contributed by atoms with Gasteiger partial charge < -0.3 is 14.8 Å². The lowest BCUT2D eigenvalue weighted by molar-refractivity contribution is 0.0678. The molecule has 6 nitrogen and oxygen atoms in total. The van der Waals surface area contributed by atoms with Gasteiger partial charge in [-0.15, -0.1) is 0 Å². The van der Waals surface area contributed by atoms with Crippen LogP contribution in [0.25, 0.3) is 0 Å². The number of aldehydes is 1. The van der Waals surface area contributed by atoms with Crippen molar-refractivity contribution in [2.24, 2.45) is 0 Å². The van der Waals surface area contributed by atoms with E-state index in [-0.39, 0.29) is 18.1 Å². The summed E-state index contributed by atoms with van der Waals surface area (Å²) in [4.78, 5) is 27.7. The molecule has 2 atom stereocenters. The van der Waals surface area contributed by atoms with Gasteiger partial charge in [0.15, 0.2) is 0 Å². The molecule has 2 unspecified atom stereocenters. The second-order valence-corrected chi connectivity index (χ2v) is 7.38. The van der Waals surface area contributed by atoms with Crippen LogP contribution in [0.5, 0.6) is 5.75 Å². The molecule has 0 saturated carbocycles. The van der Waals surface area contributed by atoms with Gasteiger partial charge in [0.2, 0.25) is 0 Å². The van der Waals surface area contributed by atoms with E-state index in [1.165, 1.54) is 11.1 Å². The Morgan fingerprint density at radius 1 is 1.25 bits per heavy atom. The molecule has 1 fully saturated rings. The van der Waals surface area contributed by atoms with Crippen LogP contribution in [-0.4, -0.2) is 42.5 Å². The second-order valence-electron chi connectivity index (χ2n) is 7.38. The van der Waals surface area contributed by atoms with E-state index in [9.17, 15) is 9.59 Å². The van der Waals surface area contributed by atoms with E-state index in [1.54, 1.807) is 18.3 Å². The predicted octanol–water partition coefficient (Wildman–Crippen LogP) is 2.74. The molecule has 28 heavy (non-hydrogen) atoms. The number of benzene rings is 1. The number of carbonyl (C=O) groups is 2. The summed E-state index contributed by atoms with van der Waals surface area (Å²) in [7, 11) is 0. The van der Waals surface area contributed by atoms with Crippen LogP contribution in [0.15, 0.2) is 36.5 Å². The molecule has 1 N–H and O–H groups in total. The lowest BCUT2D eigenvalue weighted by atomic mass is 9.87. The number of hydrogen-bond donors (Lipinski definition) is 1. The third-order valence-electron chi connectivity index (χ3n) is 5.36. The fourth-order valence-electron chi connectivity index (χ4n) is 3.80. The highest BCUT2D eigenvalue weighted by Crippen LogP contribution is 2.23. The van der Waals surface area contributed by atoms with Crippen molar-refractivity contribution in [1.29, 1.82) is 0 Å². The van der Waals surface area contributed by atoms with Crippen molar-refractivity contribution in [3.8, 4) is 5.75 Å². The molecule has 1 aliphatic heterocycles. The number of nitrogens with one attached hydrogen (secondary N) is 1. The Labute approximate surface area is 164 Å². The topological polar surface area (TPSA) is 77.5 Å². The average molecular weight is 380 g/mol. The summed E-state index contributed by atoms with van der Waals surface area (Å²) in [5, 5.41) is 3.07. The minimum Gasteiger partial charge on any atom is -0.489 e. The molecule has 1 aromatic heterocycles. The normalized spacial score (nSPS) is 21.0. The van der Waals surface area contributed by atoms with Gasteiger partial charge in [-0.25, -0.2) is 4.98 Å². The van der Waals surface area contributed by atoms with E-state index in [0.717, 1.165) is 45.0 Å². The first-order chi connectivity index (χ1) is 13.7. The fraction of sp³-hybridized carbons (Fsp3) is 0.409. The minimum atomic E-state index is -0.177. The summed E-state index contributed by atoms with van der Waals surface area (Å²) >= 11 is 0. The van der Waals surface area contributed by atoms with Crippen LogP contribution in [0, 0.1) is 0 Å². The number of amides is 1. The maximum Gasteiger partial charge on any atom is 0.270 e. The first-order valence-electron chi connectivity index (χ1n) is 9.79. The highest BCUT2D eigenvalue weighted by Gasteiger charge is 2.21. The van der Waals surface area contributed by atoms with Crippen molar-refractivity contribution in [1.82, 2.24) is 10.3 Å². The number of nitrogens with zero attached hydrogens (tertiary/aromatic N) is 1. The predicted molar refractivity (Wildman–Crippen MR) is 104 cm³/mol. The van der Waals surface area contributed by atoms with E-state index in [0.29, 0.717) is 23.6 Å². The number of carbonyl (C=O) groups excluding carboxylic acids is 2. The molecule has 1 saturated heterocycles. The zero-order valence-corrected chi connectivity index (χ0v) is 15.7. The first kappa shape index (κ1) is 18.6. The number of pyridine rings is 1. The molecule has 4 rings (SSSR count). The number of fused-ring (bicyclic) bond motifs is 1. The molecule has 0 spiro atoms. The molecule has 6 heteroatoms. The molecule has 0 bridgehead atoms. The summed E-state index contributed by atoms with van der Waals surface area (Å²) in [6, 6.07) is 9.28. The lowest BCUT2D eigenvalue weighted by Gasteiger charge is -2.25. The maximum absolute atomic E-state index is 12.5. The van der Waals surface area contributed by atoms with Gasteiger partial charge in [-0.05, 0) is 61.4 Å². The van der Waals surface area contributed by atoms with Crippen molar-refractivity contribution in [2.75, 3.05) is 13.2 Å². The van der Waals surface area contributed by atoms with E-state index in [2.05, 4.69) is 10.3 Å². The molecule has 0 radical (unpaired) electrons. The van der Waals surface area contributed by atoms with Gasteiger partial charge in [-0.2, -0.15) is 0 Å². The summed E-state index contributed by atoms with van der Waals surface area (Å²) < 4.78 is 11.2. The van der Waals surface area contributed by atoms with Gasteiger partial charge >= 0.3 is 0 Å². The number of aryl methyl sites for hydroxylation is 1. The van der Waals surface area contributed by atoms with Crippen molar-refractivity contribution < 1.29 is 19.1 Å². The highest BCUT2D eigenvalue weighted by atomic mass is 16.5. The quantitative estimate of drug-likeness (QED) is 0.780. The van der Waals surface area contributed by atoms with Crippen LogP contribution >= 0.6 is 0 Å². The molecule has 146 valence electrons. The molecule has 1 aromatic carbocycles. The smallest absolute Gasteiger partial charge is 0.270 e. The molecule has 2 heterocycles. The summed E-state index contributed by atoms with van der Waals surface area (Å²) in [5.74, 6) is 0.466. The SMILES string of the molecule is O=Cc1ccc2c(c1)CCC(NC(=O)c1ccc(OCC3CCCO3)cn1)C2. The van der Waals surface area contributed by atoms with Crippen molar-refractivity contribution in [3.05, 3.63) is 58.9 Å². The van der Waals surface area contributed by atoms with Crippen LogP contribution in [-0.2, 0) is 17.6 Å². The Morgan fingerprint density at radius 3 is 2.93 bits per heavy atom. The lowest BCUT2D eigenvalue weighted by Crippen LogP contribution is -2.39. The van der Waals surface area contributed by atoms with Gasteiger partial charge in [0.05, 0.1) is 12.3 Å². The van der Waals surface area contributed by atoms with Crippen molar-refractivity contribution in [3.63, 3.8) is 0 Å². The van der Waals surface area contributed by atoms with Crippen molar-refractivity contribution >= 4 is 12.2 Å². The van der Waals surface area contributed by atoms with Crippen LogP contribution in [0.3, 0.4) is 0 Å². The Morgan fingerprint density at radius 2 is 2.18 bits per heavy atom. The molecular formula is C22H24N2O4. The van der Waals surface area contributed by atoms with Crippen LogP contribution < -0.4 is 10.1 Å². The number of aromatic nitrogens is 1. The number of rotatable bonds is 6. The standard InChI is InChI=1S/C22H24N2O4/c25-13-15-3-4-17-11-18(6-5-16(17)10-15)24-22(26)21-8-7-19(12-23-21)28-14-20-2-1-9-27-20/h3-4,7-8,10,12-13,18,20H,1-2,5-6,9,11,14H2,(H,24,26). The molecule has 2 aromatic rings. The van der Waals surface area contributed by atoms with Crippen molar-refractivity contribution in [2.45, 2.75) is 44.2 Å². The van der Waals surface area contributed by atoms with Gasteiger partial charge in [0.25, 0.3) is 5.91 Å². The summed E-state index contributed by atoms with van der Waals surface area (Å²) in [5.41, 5.74) is 3.47. The van der Waals surface area contributed by atoms with Crippen LogP contribution in [0.2, 0.25) is 0 Å². The zero-order chi connectivity index (χ0) is 19.3. The van der Waals surface area contributed by atoms with E-state index in [1.807, 2.05) is 18.2 Å². The Kier molecular flexibility index (Phi) is 5.67. The van der Waals surface area contributed by atoms with Gasteiger partial charge in [-0.1, -0.05) is 12.1 Å². The average Bonchev–Trinajstić information content (AvgIpc) is 3.26. The molecule has 1 aliphatic carbocycles. The third kappa shape index (κ3) is 4.39. The van der Waals surface area contributed by atoms with Gasteiger partial charge in [-0.3, -0.25) is 9.59 Å². The molecular weight excluding hydrogens is 356 g/mol. The van der Waals surface area contributed by atoms with E-state index in [4.69, 9.17) is 9.47 Å². The van der Waals surface area contributed by atoms with Crippen LogP contribution in [0.4, 0.5) is 0 Å². The molecule has 1 amide bonds. The number of hydrogen-bond acceptors (Lipinski definition) is 5. The highest BCUT2D eigenvalue weighted by molar-refractivity contribution is 5.92. The van der Waals surface area contributed by atoms with E-state index < -0.39 is 0 Å². The third-order valence-corrected chi connectivity index (χ3v) is 5.36. The monoisotopic (exact) mass is 380 g/mol. The summed E-state index contributed by atoms with van der Waals surface area (Å²) in [6.45, 7) is 1.32. The Bertz CT molecular complexity index is 844. The van der Waals surface area contributed by atoms with Gasteiger partial charge in [0.1, 0.15) is 24.3 Å². The zero-order valence-electron chi connectivity index (χ0n) is 15.7. The first-order valence-corrected chi connectivity index (χ1v) is 9.79. The molecule has 2 aliphatic rings. The minimum absolute atomic E-state index is 0.0688. The van der Waals surface area contributed by atoms with Crippen LogP contribution in [0.1, 0.15) is 51.2 Å². The largest absolute Gasteiger partial charge is 0.489 e. The van der Waals surface area contributed by atoms with E-state index >= 15 is 0 Å². The second kappa shape index (κ2) is 8.52.